The van der Waals surface area contributed by atoms with Crippen LogP contribution in [-0.2, 0) is 4.79 Å². The Bertz CT molecular complexity index is 581. The summed E-state index contributed by atoms with van der Waals surface area (Å²) >= 11 is 0. The Labute approximate surface area is 129 Å². The number of rotatable bonds is 3. The second kappa shape index (κ2) is 6.44. The van der Waals surface area contributed by atoms with Crippen molar-refractivity contribution in [2.75, 3.05) is 19.4 Å². The standard InChI is InChI=1S/C16H22FN3O2/c1-20(2)14(21)12-10-11(6-7-13(12)17)19-15(22)16(18)8-4-3-5-9-16/h6-7,10H,3-5,8-9,18H2,1-2H3,(H,19,22). The van der Waals surface area contributed by atoms with Crippen LogP contribution in [0, 0.1) is 5.82 Å². The highest BCUT2D eigenvalue weighted by molar-refractivity contribution is 6.00. The molecule has 0 aliphatic heterocycles. The van der Waals surface area contributed by atoms with Gasteiger partial charge in [0, 0.05) is 19.8 Å². The zero-order valence-corrected chi connectivity index (χ0v) is 13.0. The van der Waals surface area contributed by atoms with Gasteiger partial charge < -0.3 is 16.0 Å². The average Bonchev–Trinajstić information content (AvgIpc) is 2.49. The largest absolute Gasteiger partial charge is 0.345 e. The number of amides is 2. The first-order valence-corrected chi connectivity index (χ1v) is 7.45. The van der Waals surface area contributed by atoms with E-state index in [9.17, 15) is 14.0 Å². The Morgan fingerprint density at radius 1 is 1.23 bits per heavy atom. The molecule has 1 saturated carbocycles. The van der Waals surface area contributed by atoms with Crippen molar-refractivity contribution in [2.45, 2.75) is 37.6 Å². The molecule has 0 spiro atoms. The van der Waals surface area contributed by atoms with E-state index in [1.54, 1.807) is 14.1 Å². The number of halogens is 1. The van der Waals surface area contributed by atoms with Crippen LogP contribution in [0.3, 0.4) is 0 Å². The van der Waals surface area contributed by atoms with Crippen molar-refractivity contribution < 1.29 is 14.0 Å². The minimum atomic E-state index is -0.877. The van der Waals surface area contributed by atoms with Crippen LogP contribution in [0.1, 0.15) is 42.5 Å². The third kappa shape index (κ3) is 3.44. The van der Waals surface area contributed by atoms with E-state index in [-0.39, 0.29) is 11.5 Å². The number of carbonyl (C=O) groups excluding carboxylic acids is 2. The van der Waals surface area contributed by atoms with Gasteiger partial charge in [-0.3, -0.25) is 9.59 Å². The number of hydrogen-bond acceptors (Lipinski definition) is 3. The lowest BCUT2D eigenvalue weighted by Crippen LogP contribution is -2.52. The Morgan fingerprint density at radius 3 is 2.45 bits per heavy atom. The molecule has 2 amide bonds. The maximum atomic E-state index is 13.8. The SMILES string of the molecule is CN(C)C(=O)c1cc(NC(=O)C2(N)CCCCC2)ccc1F. The maximum Gasteiger partial charge on any atom is 0.256 e. The maximum absolute atomic E-state index is 13.8. The van der Waals surface area contributed by atoms with Gasteiger partial charge in [0.05, 0.1) is 11.1 Å². The van der Waals surface area contributed by atoms with Gasteiger partial charge in [-0.05, 0) is 31.0 Å². The van der Waals surface area contributed by atoms with Crippen LogP contribution >= 0.6 is 0 Å². The molecule has 5 nitrogen and oxygen atoms in total. The van der Waals surface area contributed by atoms with Crippen LogP contribution in [0.5, 0.6) is 0 Å². The van der Waals surface area contributed by atoms with E-state index in [1.165, 1.54) is 23.1 Å². The van der Waals surface area contributed by atoms with Crippen molar-refractivity contribution in [2.24, 2.45) is 5.73 Å². The molecule has 1 aliphatic carbocycles. The predicted molar refractivity (Wildman–Crippen MR) is 83.1 cm³/mol. The number of nitrogens with two attached hydrogens (primary N) is 1. The molecule has 0 atom stereocenters. The van der Waals surface area contributed by atoms with Crippen LogP contribution in [0.4, 0.5) is 10.1 Å². The summed E-state index contributed by atoms with van der Waals surface area (Å²) in [6.45, 7) is 0. The molecule has 0 unspecified atom stereocenters. The summed E-state index contributed by atoms with van der Waals surface area (Å²) in [6, 6.07) is 3.96. The smallest absolute Gasteiger partial charge is 0.256 e. The lowest BCUT2D eigenvalue weighted by atomic mass is 9.82. The minimum absolute atomic E-state index is 0.0717. The number of nitrogens with zero attached hydrogens (tertiary/aromatic N) is 1. The van der Waals surface area contributed by atoms with Crippen molar-refractivity contribution in [3.63, 3.8) is 0 Å². The molecular weight excluding hydrogens is 285 g/mol. The summed E-state index contributed by atoms with van der Waals surface area (Å²) in [4.78, 5) is 25.6. The van der Waals surface area contributed by atoms with Crippen LogP contribution < -0.4 is 11.1 Å². The summed E-state index contributed by atoms with van der Waals surface area (Å²) in [7, 11) is 3.09. The molecule has 22 heavy (non-hydrogen) atoms. The fraction of sp³-hybridized carbons (Fsp3) is 0.500. The molecule has 120 valence electrons. The molecule has 1 aromatic carbocycles. The van der Waals surface area contributed by atoms with Crippen molar-refractivity contribution in [3.05, 3.63) is 29.6 Å². The molecule has 3 N–H and O–H groups in total. The number of anilines is 1. The Balaban J connectivity index is 2.18. The van der Waals surface area contributed by atoms with Gasteiger partial charge in [-0.15, -0.1) is 0 Å². The molecule has 0 bridgehead atoms. The lowest BCUT2D eigenvalue weighted by Gasteiger charge is -2.31. The second-order valence-corrected chi connectivity index (χ2v) is 6.07. The van der Waals surface area contributed by atoms with E-state index in [0.29, 0.717) is 18.5 Å². The van der Waals surface area contributed by atoms with Crippen molar-refractivity contribution >= 4 is 17.5 Å². The Kier molecular flexibility index (Phi) is 4.81. The molecule has 0 saturated heterocycles. The van der Waals surface area contributed by atoms with Crippen molar-refractivity contribution in [1.29, 1.82) is 0 Å². The summed E-state index contributed by atoms with van der Waals surface area (Å²) in [6.07, 6.45) is 4.23. The van der Waals surface area contributed by atoms with Crippen LogP contribution in [-0.4, -0.2) is 36.3 Å². The zero-order chi connectivity index (χ0) is 16.3. The fourth-order valence-electron chi connectivity index (χ4n) is 2.67. The summed E-state index contributed by atoms with van der Waals surface area (Å²) in [5, 5.41) is 2.71. The van der Waals surface area contributed by atoms with E-state index in [4.69, 9.17) is 5.73 Å². The van der Waals surface area contributed by atoms with Gasteiger partial charge in [-0.2, -0.15) is 0 Å². The third-order valence-corrected chi connectivity index (χ3v) is 4.06. The van der Waals surface area contributed by atoms with E-state index in [1.807, 2.05) is 0 Å². The van der Waals surface area contributed by atoms with Crippen LogP contribution in [0.25, 0.3) is 0 Å². The van der Waals surface area contributed by atoms with E-state index >= 15 is 0 Å². The van der Waals surface area contributed by atoms with E-state index < -0.39 is 17.3 Å². The molecule has 0 aromatic heterocycles. The molecule has 6 heteroatoms. The number of hydrogen-bond donors (Lipinski definition) is 2. The summed E-state index contributed by atoms with van der Waals surface area (Å²) in [5.74, 6) is -1.34. The quantitative estimate of drug-likeness (QED) is 0.898. The van der Waals surface area contributed by atoms with Crippen LogP contribution in [0.15, 0.2) is 18.2 Å². The Morgan fingerprint density at radius 2 is 1.86 bits per heavy atom. The number of benzene rings is 1. The van der Waals surface area contributed by atoms with Gasteiger partial charge in [0.2, 0.25) is 5.91 Å². The highest BCUT2D eigenvalue weighted by atomic mass is 19.1. The second-order valence-electron chi connectivity index (χ2n) is 6.07. The molecule has 1 aliphatic rings. The van der Waals surface area contributed by atoms with Gasteiger partial charge >= 0.3 is 0 Å². The molecule has 0 heterocycles. The fourth-order valence-corrected chi connectivity index (χ4v) is 2.67. The number of nitrogens with one attached hydrogen (secondary N) is 1. The first-order valence-electron chi connectivity index (χ1n) is 7.45. The molecule has 1 aromatic rings. The molecule has 0 radical (unpaired) electrons. The predicted octanol–water partition coefficient (Wildman–Crippen LogP) is 2.13. The highest BCUT2D eigenvalue weighted by Gasteiger charge is 2.35. The first kappa shape index (κ1) is 16.4. The summed E-state index contributed by atoms with van der Waals surface area (Å²) in [5.41, 5.74) is 5.60. The molecular formula is C16H22FN3O2. The third-order valence-electron chi connectivity index (χ3n) is 4.06. The first-order chi connectivity index (χ1) is 10.3. The molecule has 1 fully saturated rings. The van der Waals surface area contributed by atoms with Gasteiger partial charge in [0.25, 0.3) is 5.91 Å². The van der Waals surface area contributed by atoms with E-state index in [0.717, 1.165) is 19.3 Å². The van der Waals surface area contributed by atoms with Crippen LogP contribution in [0.2, 0.25) is 0 Å². The van der Waals surface area contributed by atoms with Crippen molar-refractivity contribution in [1.82, 2.24) is 4.90 Å². The normalized spacial score (nSPS) is 16.9. The van der Waals surface area contributed by atoms with Gasteiger partial charge in [0.15, 0.2) is 0 Å². The zero-order valence-electron chi connectivity index (χ0n) is 13.0. The Hall–Kier alpha value is -1.95. The monoisotopic (exact) mass is 307 g/mol. The number of carbonyl (C=O) groups is 2. The summed E-state index contributed by atoms with van der Waals surface area (Å²) < 4.78 is 13.8. The van der Waals surface area contributed by atoms with Gasteiger partial charge in [0.1, 0.15) is 5.82 Å². The highest BCUT2D eigenvalue weighted by Crippen LogP contribution is 2.27. The van der Waals surface area contributed by atoms with Crippen molar-refractivity contribution in [3.8, 4) is 0 Å². The minimum Gasteiger partial charge on any atom is -0.345 e. The topological polar surface area (TPSA) is 75.4 Å². The molecule has 2 rings (SSSR count). The van der Waals surface area contributed by atoms with Gasteiger partial charge in [-0.25, -0.2) is 4.39 Å². The van der Waals surface area contributed by atoms with Gasteiger partial charge in [-0.1, -0.05) is 19.3 Å². The lowest BCUT2D eigenvalue weighted by molar-refractivity contribution is -0.122. The van der Waals surface area contributed by atoms with E-state index in [2.05, 4.69) is 5.32 Å². The average molecular weight is 307 g/mol.